The smallest absolute Gasteiger partial charge is 0.234 e. The number of nitrogens with one attached hydrogen (secondary N) is 1. The predicted octanol–water partition coefficient (Wildman–Crippen LogP) is 3.22. The van der Waals surface area contributed by atoms with Crippen LogP contribution in [0.15, 0.2) is 24.3 Å². The largest absolute Gasteiger partial charge is 0.351 e. The highest BCUT2D eigenvalue weighted by molar-refractivity contribution is 6.31. The molecule has 1 aromatic rings. The zero-order chi connectivity index (χ0) is 14.4. The molecule has 1 N–H and O–H groups in total. The Hall–Kier alpha value is -1.06. The van der Waals surface area contributed by atoms with E-state index in [4.69, 9.17) is 11.6 Å². The summed E-state index contributed by atoms with van der Waals surface area (Å²) in [5.74, 6) is 0.0882. The monoisotopic (exact) mass is 294 g/mol. The van der Waals surface area contributed by atoms with Crippen molar-refractivity contribution in [1.29, 1.82) is 0 Å². The molecule has 1 aliphatic rings. The third-order valence-electron chi connectivity index (χ3n) is 4.00. The van der Waals surface area contributed by atoms with E-state index in [0.717, 1.165) is 18.5 Å². The Kier molecular flexibility index (Phi) is 5.86. The molecule has 1 saturated heterocycles. The molecule has 1 atom stereocenters. The van der Waals surface area contributed by atoms with Crippen molar-refractivity contribution in [3.63, 3.8) is 0 Å². The summed E-state index contributed by atoms with van der Waals surface area (Å²) in [5.41, 5.74) is 0.966. The number of amides is 1. The van der Waals surface area contributed by atoms with Gasteiger partial charge in [0.1, 0.15) is 0 Å². The fourth-order valence-electron chi connectivity index (χ4n) is 2.81. The van der Waals surface area contributed by atoms with Crippen LogP contribution in [0.2, 0.25) is 5.02 Å². The topological polar surface area (TPSA) is 32.3 Å². The third-order valence-corrected chi connectivity index (χ3v) is 4.37. The van der Waals surface area contributed by atoms with Gasteiger partial charge >= 0.3 is 0 Å². The minimum atomic E-state index is 0.0882. The van der Waals surface area contributed by atoms with E-state index in [1.807, 2.05) is 24.3 Å². The molecule has 1 unspecified atom stereocenters. The van der Waals surface area contributed by atoms with Crippen molar-refractivity contribution < 1.29 is 4.79 Å². The van der Waals surface area contributed by atoms with E-state index in [1.54, 1.807) is 0 Å². The lowest BCUT2D eigenvalue weighted by Gasteiger charge is -2.34. The number of carbonyl (C=O) groups excluding carboxylic acids is 1. The van der Waals surface area contributed by atoms with E-state index < -0.39 is 0 Å². The van der Waals surface area contributed by atoms with Crippen LogP contribution in [0.3, 0.4) is 0 Å². The first-order valence-corrected chi connectivity index (χ1v) is 7.82. The molecule has 0 spiro atoms. The minimum Gasteiger partial charge on any atom is -0.351 e. The van der Waals surface area contributed by atoms with Crippen molar-refractivity contribution in [2.24, 2.45) is 0 Å². The number of benzene rings is 1. The van der Waals surface area contributed by atoms with Crippen LogP contribution in [0.5, 0.6) is 0 Å². The first-order chi connectivity index (χ1) is 9.70. The lowest BCUT2D eigenvalue weighted by Crippen LogP contribution is -2.45. The number of carbonyl (C=O) groups is 1. The van der Waals surface area contributed by atoms with Crippen molar-refractivity contribution in [3.8, 4) is 0 Å². The average Bonchev–Trinajstić information content (AvgIpc) is 2.47. The molecule has 3 nitrogen and oxygen atoms in total. The lowest BCUT2D eigenvalue weighted by atomic mass is 10.00. The summed E-state index contributed by atoms with van der Waals surface area (Å²) < 4.78 is 0. The molecule has 1 aliphatic heterocycles. The maximum atomic E-state index is 12.1. The predicted molar refractivity (Wildman–Crippen MR) is 82.8 cm³/mol. The second-order valence-electron chi connectivity index (χ2n) is 5.40. The van der Waals surface area contributed by atoms with E-state index in [2.05, 4.69) is 17.1 Å². The number of halogens is 1. The van der Waals surface area contributed by atoms with Crippen molar-refractivity contribution in [2.45, 2.75) is 45.2 Å². The van der Waals surface area contributed by atoms with Crippen LogP contribution in [0.1, 0.15) is 38.2 Å². The van der Waals surface area contributed by atoms with Gasteiger partial charge in [0, 0.05) is 17.6 Å². The quantitative estimate of drug-likeness (QED) is 0.904. The Bertz CT molecular complexity index is 450. The highest BCUT2D eigenvalue weighted by Crippen LogP contribution is 2.19. The number of piperidine rings is 1. The number of rotatable bonds is 5. The number of nitrogens with zero attached hydrogens (tertiary/aromatic N) is 1. The zero-order valence-corrected chi connectivity index (χ0v) is 12.8. The molecule has 0 radical (unpaired) electrons. The molecule has 1 aromatic carbocycles. The van der Waals surface area contributed by atoms with E-state index in [0.29, 0.717) is 24.2 Å². The molecule has 110 valence electrons. The van der Waals surface area contributed by atoms with Gasteiger partial charge in [-0.2, -0.15) is 0 Å². The standard InChI is InChI=1S/C16H23ClN2O/c1-2-14-8-5-6-10-19(14)12-16(20)18-11-13-7-3-4-9-15(13)17/h3-4,7,9,14H,2,5-6,8,10-12H2,1H3,(H,18,20). The SMILES string of the molecule is CCC1CCCCN1CC(=O)NCc1ccccc1Cl. The highest BCUT2D eigenvalue weighted by Gasteiger charge is 2.22. The minimum absolute atomic E-state index is 0.0882. The molecule has 20 heavy (non-hydrogen) atoms. The fourth-order valence-corrected chi connectivity index (χ4v) is 3.01. The second-order valence-corrected chi connectivity index (χ2v) is 5.80. The number of likely N-dealkylation sites (tertiary alicyclic amines) is 1. The lowest BCUT2D eigenvalue weighted by molar-refractivity contribution is -0.123. The van der Waals surface area contributed by atoms with Gasteiger partial charge in [-0.15, -0.1) is 0 Å². The molecule has 1 amide bonds. The first-order valence-electron chi connectivity index (χ1n) is 7.45. The van der Waals surface area contributed by atoms with Crippen LogP contribution >= 0.6 is 11.6 Å². The van der Waals surface area contributed by atoms with E-state index in [1.165, 1.54) is 19.3 Å². The van der Waals surface area contributed by atoms with Gasteiger partial charge in [-0.25, -0.2) is 0 Å². The molecule has 1 fully saturated rings. The normalized spacial score (nSPS) is 19.8. The summed E-state index contributed by atoms with van der Waals surface area (Å²) in [6.45, 7) is 4.24. The first kappa shape index (κ1) is 15.3. The Balaban J connectivity index is 1.82. The van der Waals surface area contributed by atoms with Crippen molar-refractivity contribution in [3.05, 3.63) is 34.9 Å². The Morgan fingerprint density at radius 1 is 1.40 bits per heavy atom. The van der Waals surface area contributed by atoms with Gasteiger partial charge in [0.15, 0.2) is 0 Å². The van der Waals surface area contributed by atoms with Crippen LogP contribution in [0.4, 0.5) is 0 Å². The summed E-state index contributed by atoms with van der Waals surface area (Å²) in [6.07, 6.45) is 4.83. The van der Waals surface area contributed by atoms with Crippen molar-refractivity contribution >= 4 is 17.5 Å². The summed E-state index contributed by atoms with van der Waals surface area (Å²) in [6, 6.07) is 8.19. The Morgan fingerprint density at radius 3 is 2.95 bits per heavy atom. The van der Waals surface area contributed by atoms with Crippen LogP contribution in [0.25, 0.3) is 0 Å². The summed E-state index contributed by atoms with van der Waals surface area (Å²) in [5, 5.41) is 3.67. The third kappa shape index (κ3) is 4.22. The fraction of sp³-hybridized carbons (Fsp3) is 0.562. The van der Waals surface area contributed by atoms with Crippen molar-refractivity contribution in [2.75, 3.05) is 13.1 Å². The molecule has 1 heterocycles. The Labute approximate surface area is 126 Å². The molecule has 0 aromatic heterocycles. The van der Waals surface area contributed by atoms with Gasteiger partial charge in [-0.1, -0.05) is 43.1 Å². The highest BCUT2D eigenvalue weighted by atomic mass is 35.5. The molecule has 0 bridgehead atoms. The Morgan fingerprint density at radius 2 is 2.20 bits per heavy atom. The van der Waals surface area contributed by atoms with Crippen LogP contribution in [-0.4, -0.2) is 29.9 Å². The summed E-state index contributed by atoms with van der Waals surface area (Å²) >= 11 is 6.08. The maximum Gasteiger partial charge on any atom is 0.234 e. The van der Waals surface area contributed by atoms with Gasteiger partial charge in [0.25, 0.3) is 0 Å². The number of hydrogen-bond acceptors (Lipinski definition) is 2. The molecule has 0 saturated carbocycles. The average molecular weight is 295 g/mol. The zero-order valence-electron chi connectivity index (χ0n) is 12.1. The molecular formula is C16H23ClN2O. The van der Waals surface area contributed by atoms with E-state index in [9.17, 15) is 4.79 Å². The second kappa shape index (κ2) is 7.65. The summed E-state index contributed by atoms with van der Waals surface area (Å²) in [4.78, 5) is 14.4. The maximum absolute atomic E-state index is 12.1. The van der Waals surface area contributed by atoms with Gasteiger partial charge in [-0.05, 0) is 37.4 Å². The molecule has 2 rings (SSSR count). The van der Waals surface area contributed by atoms with Gasteiger partial charge in [0.2, 0.25) is 5.91 Å². The molecule has 0 aliphatic carbocycles. The van der Waals surface area contributed by atoms with Gasteiger partial charge in [0.05, 0.1) is 6.54 Å². The van der Waals surface area contributed by atoms with Crippen LogP contribution in [-0.2, 0) is 11.3 Å². The van der Waals surface area contributed by atoms with Crippen LogP contribution in [0, 0.1) is 0 Å². The van der Waals surface area contributed by atoms with Crippen molar-refractivity contribution in [1.82, 2.24) is 10.2 Å². The summed E-state index contributed by atoms with van der Waals surface area (Å²) in [7, 11) is 0. The van der Waals surface area contributed by atoms with Gasteiger partial charge in [-0.3, -0.25) is 9.69 Å². The van der Waals surface area contributed by atoms with Gasteiger partial charge < -0.3 is 5.32 Å². The van der Waals surface area contributed by atoms with E-state index >= 15 is 0 Å². The van der Waals surface area contributed by atoms with Crippen LogP contribution < -0.4 is 5.32 Å². The molecular weight excluding hydrogens is 272 g/mol. The van der Waals surface area contributed by atoms with E-state index in [-0.39, 0.29) is 5.91 Å². The molecule has 4 heteroatoms. The number of hydrogen-bond donors (Lipinski definition) is 1.